The van der Waals surface area contributed by atoms with Gasteiger partial charge >= 0.3 is 0 Å². The minimum Gasteiger partial charge on any atom is -0.0936 e. The van der Waals surface area contributed by atoms with Crippen LogP contribution in [0.25, 0.3) is 0 Å². The summed E-state index contributed by atoms with van der Waals surface area (Å²) in [6.07, 6.45) is 2.18. The molecule has 0 spiro atoms. The van der Waals surface area contributed by atoms with Crippen molar-refractivity contribution in [3.05, 3.63) is 11.8 Å². The second-order valence-electron chi connectivity index (χ2n) is 3.63. The topological polar surface area (TPSA) is 15.4 Å². The van der Waals surface area contributed by atoms with Gasteiger partial charge in [0.1, 0.15) is 6.54 Å². The van der Waals surface area contributed by atoms with Gasteiger partial charge in [0.15, 0.2) is 12.2 Å². The van der Waals surface area contributed by atoms with E-state index in [-0.39, 0.29) is 0 Å². The number of hydrogen-bond acceptors (Lipinski definition) is 1. The summed E-state index contributed by atoms with van der Waals surface area (Å²) in [5.74, 6) is 0.641. The third kappa shape index (κ3) is 1.88. The van der Waals surface area contributed by atoms with E-state index in [1.807, 2.05) is 0 Å². The lowest BCUT2D eigenvalue weighted by Gasteiger charge is -1.97. The number of azo groups is 2. The summed E-state index contributed by atoms with van der Waals surface area (Å²) < 4.78 is 2.05. The third-order valence-electron chi connectivity index (χ3n) is 1.99. The van der Waals surface area contributed by atoms with Crippen molar-refractivity contribution in [2.24, 2.45) is 11.0 Å². The summed E-state index contributed by atoms with van der Waals surface area (Å²) in [6.45, 7) is 9.64. The predicted octanol–water partition coefficient (Wildman–Crippen LogP) is 2.41. The Morgan fingerprint density at radius 2 is 2.00 bits per heavy atom. The molecule has 0 saturated heterocycles. The van der Waals surface area contributed by atoms with Crippen molar-refractivity contribution in [1.82, 2.24) is 0 Å². The second-order valence-corrected chi connectivity index (χ2v) is 3.63. The van der Waals surface area contributed by atoms with Crippen molar-refractivity contribution >= 4 is 0 Å². The Labute approximate surface area is 68.6 Å². The molecule has 0 radical (unpaired) electrons. The monoisotopic (exact) mass is 153 g/mol. The first kappa shape index (κ1) is 8.44. The molecule has 2 heteroatoms. The number of hydrogen-bond donors (Lipinski definition) is 0. The zero-order valence-corrected chi connectivity index (χ0v) is 7.83. The molecule has 0 fully saturated rings. The lowest BCUT2D eigenvalue weighted by Crippen LogP contribution is -2.09. The molecule has 1 rings (SSSR count). The molecule has 62 valence electrons. The van der Waals surface area contributed by atoms with E-state index in [9.17, 15) is 0 Å². The molecule has 0 unspecified atom stereocenters. The Balaban J connectivity index is 2.63. The van der Waals surface area contributed by atoms with E-state index in [0.29, 0.717) is 12.0 Å². The average Bonchev–Trinajstić information content (AvgIpc) is 2.33. The fraction of sp³-hybridized carbons (Fsp3) is 0.778. The molecule has 0 saturated carbocycles. The molecular weight excluding hydrogens is 136 g/mol. The van der Waals surface area contributed by atoms with Crippen LogP contribution in [0.4, 0.5) is 0 Å². The van der Waals surface area contributed by atoms with E-state index >= 15 is 0 Å². The molecule has 0 aromatic heterocycles. The van der Waals surface area contributed by atoms with Crippen LogP contribution in [0.2, 0.25) is 0 Å². The maximum Gasteiger partial charge on any atom is 0.197 e. The van der Waals surface area contributed by atoms with Gasteiger partial charge in [0, 0.05) is 5.57 Å². The van der Waals surface area contributed by atoms with Crippen LogP contribution in [0.1, 0.15) is 27.7 Å². The van der Waals surface area contributed by atoms with Gasteiger partial charge in [-0.1, -0.05) is 18.5 Å². The normalized spacial score (nSPS) is 17.6. The maximum atomic E-state index is 4.38. The zero-order chi connectivity index (χ0) is 8.43. The van der Waals surface area contributed by atoms with E-state index in [2.05, 4.69) is 43.7 Å². The molecule has 0 aliphatic carbocycles. The van der Waals surface area contributed by atoms with Crippen molar-refractivity contribution in [3.8, 4) is 0 Å². The van der Waals surface area contributed by atoms with Crippen molar-refractivity contribution in [2.45, 2.75) is 33.7 Å². The Morgan fingerprint density at radius 1 is 1.36 bits per heavy atom. The number of rotatable bonds is 2. The molecule has 0 aromatic rings. The van der Waals surface area contributed by atoms with Crippen LogP contribution in [0.15, 0.2) is 16.9 Å². The van der Waals surface area contributed by atoms with Gasteiger partial charge in [0.05, 0.1) is 0 Å². The fourth-order valence-electron chi connectivity index (χ4n) is 1.06. The predicted molar refractivity (Wildman–Crippen MR) is 45.6 cm³/mol. The van der Waals surface area contributed by atoms with E-state index in [1.54, 1.807) is 0 Å². The maximum absolute atomic E-state index is 4.38. The SMILES string of the molecule is CC(C)C1=C[N+](C(C)C)=NC1. The molecule has 2 nitrogen and oxygen atoms in total. The first-order chi connectivity index (χ1) is 5.11. The minimum atomic E-state index is 0.506. The molecule has 0 bridgehead atoms. The minimum absolute atomic E-state index is 0.506. The lowest BCUT2D eigenvalue weighted by atomic mass is 10.1. The smallest absolute Gasteiger partial charge is 0.0936 e. The molecule has 1 heterocycles. The third-order valence-corrected chi connectivity index (χ3v) is 1.99. The second kappa shape index (κ2) is 3.16. The quantitative estimate of drug-likeness (QED) is 0.541. The fourth-order valence-corrected chi connectivity index (χ4v) is 1.06. The van der Waals surface area contributed by atoms with Gasteiger partial charge in [0.25, 0.3) is 0 Å². The molecule has 11 heavy (non-hydrogen) atoms. The van der Waals surface area contributed by atoms with Crippen LogP contribution in [0.3, 0.4) is 0 Å². The summed E-state index contributed by atoms with van der Waals surface area (Å²) in [5.41, 5.74) is 1.44. The van der Waals surface area contributed by atoms with E-state index in [1.165, 1.54) is 5.57 Å². The highest BCUT2D eigenvalue weighted by molar-refractivity contribution is 5.04. The van der Waals surface area contributed by atoms with Crippen molar-refractivity contribution < 1.29 is 4.70 Å². The summed E-state index contributed by atoms with van der Waals surface area (Å²) in [6, 6.07) is 0.506. The highest BCUT2D eigenvalue weighted by atomic mass is 15.3. The van der Waals surface area contributed by atoms with Crippen molar-refractivity contribution in [2.75, 3.05) is 6.54 Å². The Morgan fingerprint density at radius 3 is 2.27 bits per heavy atom. The van der Waals surface area contributed by atoms with Crippen LogP contribution < -0.4 is 0 Å². The molecule has 0 N–H and O–H groups in total. The molecule has 1 aliphatic heterocycles. The van der Waals surface area contributed by atoms with Crippen LogP contribution in [0.5, 0.6) is 0 Å². The first-order valence-electron chi connectivity index (χ1n) is 4.27. The first-order valence-corrected chi connectivity index (χ1v) is 4.27. The van der Waals surface area contributed by atoms with Crippen LogP contribution in [-0.4, -0.2) is 17.3 Å². The number of nitrogens with zero attached hydrogens (tertiary/aromatic N) is 2. The molecule has 1 aliphatic rings. The highest BCUT2D eigenvalue weighted by Crippen LogP contribution is 2.15. The standard InChI is InChI=1S/C9H17N2/c1-7(2)9-5-10-11(6-9)8(3)4/h6-8H,5H2,1-4H3/q+1. The Bertz CT molecular complexity index is 200. The van der Waals surface area contributed by atoms with Gasteiger partial charge in [-0.3, -0.25) is 0 Å². The van der Waals surface area contributed by atoms with Crippen LogP contribution in [-0.2, 0) is 0 Å². The van der Waals surface area contributed by atoms with Gasteiger partial charge in [-0.2, -0.15) is 0 Å². The molecular formula is C9H17N2+. The van der Waals surface area contributed by atoms with Gasteiger partial charge in [-0.25, -0.2) is 0 Å². The lowest BCUT2D eigenvalue weighted by molar-refractivity contribution is -0.554. The van der Waals surface area contributed by atoms with E-state index in [0.717, 1.165) is 6.54 Å². The van der Waals surface area contributed by atoms with Gasteiger partial charge in [0.2, 0.25) is 0 Å². The summed E-state index contributed by atoms with van der Waals surface area (Å²) >= 11 is 0. The van der Waals surface area contributed by atoms with Crippen LogP contribution in [0, 0.1) is 5.92 Å². The molecule has 0 amide bonds. The molecule has 0 aromatic carbocycles. The van der Waals surface area contributed by atoms with Gasteiger partial charge in [-0.15, -0.1) is 0 Å². The van der Waals surface area contributed by atoms with Crippen LogP contribution >= 0.6 is 0 Å². The van der Waals surface area contributed by atoms with E-state index < -0.39 is 0 Å². The Hall–Kier alpha value is -0.660. The summed E-state index contributed by atoms with van der Waals surface area (Å²) in [4.78, 5) is 0. The average molecular weight is 153 g/mol. The molecule has 0 atom stereocenters. The largest absolute Gasteiger partial charge is 0.197 e. The van der Waals surface area contributed by atoms with Crippen molar-refractivity contribution in [1.29, 1.82) is 0 Å². The Kier molecular flexibility index (Phi) is 2.42. The van der Waals surface area contributed by atoms with Gasteiger partial charge < -0.3 is 0 Å². The van der Waals surface area contributed by atoms with E-state index in [4.69, 9.17) is 0 Å². The summed E-state index contributed by atoms with van der Waals surface area (Å²) in [5, 5.41) is 4.38. The zero-order valence-electron chi connectivity index (χ0n) is 7.83. The van der Waals surface area contributed by atoms with Gasteiger partial charge in [-0.05, 0) is 24.9 Å². The van der Waals surface area contributed by atoms with Crippen molar-refractivity contribution in [3.63, 3.8) is 0 Å². The summed E-state index contributed by atoms with van der Waals surface area (Å²) in [7, 11) is 0. The highest BCUT2D eigenvalue weighted by Gasteiger charge is 2.19.